The average Bonchev–Trinajstić information content (AvgIpc) is 2.72. The largest absolute Gasteiger partial charge is 0.224 e. The Labute approximate surface area is 81.5 Å². The van der Waals surface area contributed by atoms with Gasteiger partial charge in [0.05, 0.1) is 0 Å². The van der Waals surface area contributed by atoms with E-state index < -0.39 is 5.54 Å². The van der Waals surface area contributed by atoms with Gasteiger partial charge in [0.1, 0.15) is 18.7 Å². The summed E-state index contributed by atoms with van der Waals surface area (Å²) in [5.74, 6) is 0. The highest BCUT2D eigenvalue weighted by atomic mass is 15.4. The summed E-state index contributed by atoms with van der Waals surface area (Å²) in [4.78, 5) is 3.83. The van der Waals surface area contributed by atoms with E-state index in [0.29, 0.717) is 5.57 Å². The maximum absolute atomic E-state index is 9.20. The molecule has 0 spiro atoms. The molecule has 1 heterocycles. The van der Waals surface area contributed by atoms with Crippen molar-refractivity contribution in [2.75, 3.05) is 0 Å². The minimum atomic E-state index is -0.911. The first-order valence-electron chi connectivity index (χ1n) is 4.11. The Kier molecular flexibility index (Phi) is 1.79. The number of nitrogens with zero attached hydrogens (tertiary/aromatic N) is 4. The molecule has 0 N–H and O–H groups in total. The lowest BCUT2D eigenvalue weighted by atomic mass is 9.89. The third kappa shape index (κ3) is 0.995. The van der Waals surface area contributed by atoms with Gasteiger partial charge in [-0.15, -0.1) is 0 Å². The van der Waals surface area contributed by atoms with E-state index in [0.717, 1.165) is 0 Å². The van der Waals surface area contributed by atoms with Crippen LogP contribution < -0.4 is 0 Å². The second kappa shape index (κ2) is 2.96. The van der Waals surface area contributed by atoms with E-state index in [2.05, 4.69) is 22.7 Å². The minimum absolute atomic E-state index is 0.688. The molecule has 1 aromatic heterocycles. The fourth-order valence-corrected chi connectivity index (χ4v) is 1.37. The van der Waals surface area contributed by atoms with Crippen molar-refractivity contribution in [1.82, 2.24) is 14.8 Å². The average molecular weight is 184 g/mol. The van der Waals surface area contributed by atoms with E-state index in [9.17, 15) is 5.26 Å². The lowest BCUT2D eigenvalue weighted by molar-refractivity contribution is 0.501. The first kappa shape index (κ1) is 8.45. The predicted octanol–water partition coefficient (Wildman–Crippen LogP) is 1.18. The van der Waals surface area contributed by atoms with Gasteiger partial charge < -0.3 is 0 Å². The first-order valence-corrected chi connectivity index (χ1v) is 4.11. The number of allylic oxidation sites excluding steroid dienone is 5. The summed E-state index contributed by atoms with van der Waals surface area (Å²) in [5, 5.41) is 13.2. The second-order valence-corrected chi connectivity index (χ2v) is 2.96. The van der Waals surface area contributed by atoms with Crippen molar-refractivity contribution < 1.29 is 0 Å². The molecular formula is C10H8N4. The third-order valence-electron chi connectivity index (χ3n) is 2.19. The monoisotopic (exact) mass is 184 g/mol. The van der Waals surface area contributed by atoms with Crippen LogP contribution in [0.1, 0.15) is 0 Å². The van der Waals surface area contributed by atoms with Crippen LogP contribution in [0, 0.1) is 11.3 Å². The molecule has 0 bridgehead atoms. The number of hydrogen-bond acceptors (Lipinski definition) is 3. The van der Waals surface area contributed by atoms with Gasteiger partial charge in [0.15, 0.2) is 5.54 Å². The van der Waals surface area contributed by atoms with E-state index in [1.165, 1.54) is 17.3 Å². The van der Waals surface area contributed by atoms with Crippen molar-refractivity contribution in [2.24, 2.45) is 0 Å². The van der Waals surface area contributed by atoms with Crippen LogP contribution in [0.4, 0.5) is 0 Å². The maximum atomic E-state index is 9.20. The van der Waals surface area contributed by atoms with Crippen LogP contribution in [0.3, 0.4) is 0 Å². The Hall–Kier alpha value is -2.15. The molecular weight excluding hydrogens is 176 g/mol. The lowest BCUT2D eigenvalue weighted by Crippen LogP contribution is -2.32. The molecule has 0 aromatic carbocycles. The van der Waals surface area contributed by atoms with Crippen molar-refractivity contribution in [3.8, 4) is 6.07 Å². The predicted molar refractivity (Wildman–Crippen MR) is 51.0 cm³/mol. The van der Waals surface area contributed by atoms with Crippen LogP contribution in [0.5, 0.6) is 0 Å². The molecule has 4 nitrogen and oxygen atoms in total. The van der Waals surface area contributed by atoms with Crippen LogP contribution in [0.25, 0.3) is 0 Å². The van der Waals surface area contributed by atoms with Crippen LogP contribution in [0.2, 0.25) is 0 Å². The number of nitriles is 1. The molecule has 0 aliphatic heterocycles. The summed E-state index contributed by atoms with van der Waals surface area (Å²) in [6.07, 6.45) is 10.1. The molecule has 0 amide bonds. The highest BCUT2D eigenvalue weighted by Crippen LogP contribution is 2.28. The molecule has 68 valence electrons. The molecule has 0 saturated carbocycles. The molecule has 1 unspecified atom stereocenters. The van der Waals surface area contributed by atoms with Crippen LogP contribution in [-0.4, -0.2) is 14.8 Å². The van der Waals surface area contributed by atoms with Gasteiger partial charge in [-0.1, -0.05) is 24.8 Å². The van der Waals surface area contributed by atoms with Crippen molar-refractivity contribution in [3.63, 3.8) is 0 Å². The molecule has 1 atom stereocenters. The van der Waals surface area contributed by atoms with E-state index in [-0.39, 0.29) is 0 Å². The van der Waals surface area contributed by atoms with Crippen molar-refractivity contribution in [1.29, 1.82) is 5.26 Å². The summed E-state index contributed by atoms with van der Waals surface area (Å²) in [5.41, 5.74) is -0.223. The topological polar surface area (TPSA) is 54.5 Å². The standard InChI is InChI=1S/C10H8N4/c1-9-4-2-3-5-10(9,6-11)14-8-12-7-13-14/h2-5,7-8H,1H2. The molecule has 14 heavy (non-hydrogen) atoms. The smallest absolute Gasteiger partial charge is 0.193 e. The van der Waals surface area contributed by atoms with Gasteiger partial charge in [0, 0.05) is 0 Å². The van der Waals surface area contributed by atoms with Gasteiger partial charge >= 0.3 is 0 Å². The molecule has 1 aliphatic rings. The van der Waals surface area contributed by atoms with Gasteiger partial charge in [0.2, 0.25) is 0 Å². The van der Waals surface area contributed by atoms with E-state index in [1.54, 1.807) is 18.2 Å². The molecule has 0 fully saturated rings. The SMILES string of the molecule is C=C1C=CC=CC1(C#N)n1cncn1. The van der Waals surface area contributed by atoms with Gasteiger partial charge in [-0.2, -0.15) is 10.4 Å². The van der Waals surface area contributed by atoms with Gasteiger partial charge in [-0.25, -0.2) is 9.67 Å². The fourth-order valence-electron chi connectivity index (χ4n) is 1.37. The zero-order chi connectivity index (χ0) is 10.0. The zero-order valence-corrected chi connectivity index (χ0v) is 7.46. The summed E-state index contributed by atoms with van der Waals surface area (Å²) in [6, 6.07) is 2.19. The Balaban J connectivity index is 2.57. The van der Waals surface area contributed by atoms with Crippen LogP contribution >= 0.6 is 0 Å². The molecule has 4 heteroatoms. The third-order valence-corrected chi connectivity index (χ3v) is 2.19. The molecule has 1 aliphatic carbocycles. The van der Waals surface area contributed by atoms with Gasteiger partial charge in [-0.3, -0.25) is 0 Å². The molecule has 0 radical (unpaired) electrons. The Morgan fingerprint density at radius 1 is 1.50 bits per heavy atom. The molecule has 0 saturated heterocycles. The summed E-state index contributed by atoms with van der Waals surface area (Å²) >= 11 is 0. The normalized spacial score (nSPS) is 24.9. The van der Waals surface area contributed by atoms with Gasteiger partial charge in [-0.05, 0) is 11.6 Å². The van der Waals surface area contributed by atoms with Crippen molar-refractivity contribution in [3.05, 3.63) is 49.1 Å². The summed E-state index contributed by atoms with van der Waals surface area (Å²) in [7, 11) is 0. The molecule has 2 rings (SSSR count). The van der Waals surface area contributed by atoms with E-state index in [1.807, 2.05) is 6.08 Å². The minimum Gasteiger partial charge on any atom is -0.224 e. The highest BCUT2D eigenvalue weighted by molar-refractivity contribution is 5.44. The Morgan fingerprint density at radius 2 is 2.36 bits per heavy atom. The second-order valence-electron chi connectivity index (χ2n) is 2.96. The Bertz CT molecular complexity index is 447. The van der Waals surface area contributed by atoms with E-state index >= 15 is 0 Å². The summed E-state index contributed by atoms with van der Waals surface area (Å²) in [6.45, 7) is 3.85. The highest BCUT2D eigenvalue weighted by Gasteiger charge is 2.33. The van der Waals surface area contributed by atoms with Crippen molar-refractivity contribution >= 4 is 0 Å². The van der Waals surface area contributed by atoms with Crippen molar-refractivity contribution in [2.45, 2.75) is 5.54 Å². The molecule has 1 aromatic rings. The number of hydrogen-bond donors (Lipinski definition) is 0. The Morgan fingerprint density at radius 3 is 2.93 bits per heavy atom. The fraction of sp³-hybridized carbons (Fsp3) is 0.100. The lowest BCUT2D eigenvalue weighted by Gasteiger charge is -2.25. The number of aromatic nitrogens is 3. The van der Waals surface area contributed by atoms with Crippen LogP contribution in [0.15, 0.2) is 49.1 Å². The first-order chi connectivity index (χ1) is 6.79. The van der Waals surface area contributed by atoms with E-state index in [4.69, 9.17) is 0 Å². The summed E-state index contributed by atoms with van der Waals surface area (Å²) < 4.78 is 1.50. The quantitative estimate of drug-likeness (QED) is 0.658. The maximum Gasteiger partial charge on any atom is 0.193 e. The number of rotatable bonds is 1. The van der Waals surface area contributed by atoms with Gasteiger partial charge in [0.25, 0.3) is 0 Å². The van der Waals surface area contributed by atoms with Crippen LogP contribution in [-0.2, 0) is 5.54 Å². The zero-order valence-electron chi connectivity index (χ0n) is 7.46.